The maximum atomic E-state index is 13.4. The first kappa shape index (κ1) is 10.5. The van der Waals surface area contributed by atoms with Gasteiger partial charge in [0, 0.05) is 10.5 Å². The van der Waals surface area contributed by atoms with Gasteiger partial charge in [-0.3, -0.25) is 4.99 Å². The van der Waals surface area contributed by atoms with E-state index in [2.05, 4.69) is 26.2 Å². The van der Waals surface area contributed by atoms with Gasteiger partial charge >= 0.3 is 0 Å². The largest absolute Gasteiger partial charge is 0.365 e. The van der Waals surface area contributed by atoms with Gasteiger partial charge in [-0.1, -0.05) is 15.9 Å². The van der Waals surface area contributed by atoms with Gasteiger partial charge in [-0.2, -0.15) is 0 Å². The molecule has 0 bridgehead atoms. The highest BCUT2D eigenvalue weighted by Crippen LogP contribution is 2.20. The van der Waals surface area contributed by atoms with Gasteiger partial charge in [0.05, 0.1) is 12.1 Å². The molecule has 0 amide bonds. The summed E-state index contributed by atoms with van der Waals surface area (Å²) in [6.07, 6.45) is 0. The Kier molecular flexibility index (Phi) is 2.73. The minimum atomic E-state index is -0.872. The fourth-order valence-corrected chi connectivity index (χ4v) is 1.87. The number of benzene rings is 1. The Morgan fingerprint density at radius 2 is 2.20 bits per heavy atom. The van der Waals surface area contributed by atoms with Gasteiger partial charge in [0.25, 0.3) is 0 Å². The van der Waals surface area contributed by atoms with Crippen molar-refractivity contribution in [1.29, 1.82) is 0 Å². The number of rotatable bonds is 1. The summed E-state index contributed by atoms with van der Waals surface area (Å²) in [5.74, 6) is -1.32. The van der Waals surface area contributed by atoms with Crippen LogP contribution in [0.25, 0.3) is 0 Å². The number of hydrogen-bond acceptors (Lipinski definition) is 2. The first-order chi connectivity index (χ1) is 7.08. The number of aliphatic imine (C=N–C) groups is 1. The Morgan fingerprint density at radius 1 is 1.47 bits per heavy atom. The molecule has 0 radical (unpaired) electrons. The van der Waals surface area contributed by atoms with E-state index in [1.807, 2.05) is 6.92 Å². The predicted molar refractivity (Wildman–Crippen MR) is 58.1 cm³/mol. The average molecular weight is 275 g/mol. The van der Waals surface area contributed by atoms with Crippen molar-refractivity contribution in [3.8, 4) is 0 Å². The molecule has 0 saturated carbocycles. The molecule has 2 rings (SSSR count). The summed E-state index contributed by atoms with van der Waals surface area (Å²) in [7, 11) is 0. The van der Waals surface area contributed by atoms with Gasteiger partial charge in [0.2, 0.25) is 0 Å². The van der Waals surface area contributed by atoms with Crippen LogP contribution in [0, 0.1) is 11.6 Å². The molecule has 1 N–H and O–H groups in total. The van der Waals surface area contributed by atoms with Crippen LogP contribution < -0.4 is 5.32 Å². The lowest BCUT2D eigenvalue weighted by Crippen LogP contribution is -2.28. The zero-order chi connectivity index (χ0) is 11.0. The Morgan fingerprint density at radius 3 is 2.80 bits per heavy atom. The van der Waals surface area contributed by atoms with Gasteiger partial charge in [0.1, 0.15) is 5.84 Å². The summed E-state index contributed by atoms with van der Waals surface area (Å²) in [5.41, 5.74) is 0.172. The van der Waals surface area contributed by atoms with Gasteiger partial charge < -0.3 is 5.32 Å². The summed E-state index contributed by atoms with van der Waals surface area (Å²) in [6.45, 7) is 2.52. The fourth-order valence-electron chi connectivity index (χ4n) is 1.44. The van der Waals surface area contributed by atoms with Crippen LogP contribution in [0.5, 0.6) is 0 Å². The van der Waals surface area contributed by atoms with Crippen molar-refractivity contribution in [1.82, 2.24) is 5.32 Å². The van der Waals surface area contributed by atoms with Crippen LogP contribution in [0.4, 0.5) is 8.78 Å². The van der Waals surface area contributed by atoms with Crippen molar-refractivity contribution in [2.75, 3.05) is 6.54 Å². The van der Waals surface area contributed by atoms with Gasteiger partial charge in [-0.15, -0.1) is 0 Å². The number of nitrogens with one attached hydrogen (secondary N) is 1. The molecule has 0 saturated heterocycles. The van der Waals surface area contributed by atoms with Crippen molar-refractivity contribution in [3.05, 3.63) is 33.8 Å². The van der Waals surface area contributed by atoms with Crippen molar-refractivity contribution in [3.63, 3.8) is 0 Å². The van der Waals surface area contributed by atoms with Crippen molar-refractivity contribution < 1.29 is 8.78 Å². The first-order valence-electron chi connectivity index (χ1n) is 4.54. The highest BCUT2D eigenvalue weighted by molar-refractivity contribution is 9.10. The Bertz CT molecular complexity index is 432. The van der Waals surface area contributed by atoms with Gasteiger partial charge in [-0.25, -0.2) is 8.78 Å². The first-order valence-corrected chi connectivity index (χ1v) is 5.33. The molecule has 1 aliphatic heterocycles. The third-order valence-electron chi connectivity index (χ3n) is 2.15. The molecular formula is C10H9BrF2N2. The second kappa shape index (κ2) is 3.89. The van der Waals surface area contributed by atoms with E-state index in [1.54, 1.807) is 0 Å². The summed E-state index contributed by atoms with van der Waals surface area (Å²) in [4.78, 5) is 4.11. The summed E-state index contributed by atoms with van der Waals surface area (Å²) < 4.78 is 27.0. The molecule has 0 fully saturated rings. The third kappa shape index (κ3) is 2.02. The van der Waals surface area contributed by atoms with Crippen LogP contribution in [0.1, 0.15) is 12.5 Å². The van der Waals surface area contributed by atoms with Gasteiger partial charge in [-0.05, 0) is 19.1 Å². The molecule has 1 atom stereocenters. The second-order valence-electron chi connectivity index (χ2n) is 3.48. The smallest absolute Gasteiger partial charge is 0.169 e. The zero-order valence-electron chi connectivity index (χ0n) is 8.02. The van der Waals surface area contributed by atoms with Crippen LogP contribution in [0.2, 0.25) is 0 Å². The van der Waals surface area contributed by atoms with Crippen LogP contribution in [0.3, 0.4) is 0 Å². The highest BCUT2D eigenvalue weighted by atomic mass is 79.9. The maximum Gasteiger partial charge on any atom is 0.169 e. The second-order valence-corrected chi connectivity index (χ2v) is 4.40. The summed E-state index contributed by atoms with van der Waals surface area (Å²) >= 11 is 3.12. The molecular weight excluding hydrogens is 266 g/mol. The quantitative estimate of drug-likeness (QED) is 0.782. The summed E-state index contributed by atoms with van der Waals surface area (Å²) in [5, 5.41) is 2.99. The van der Waals surface area contributed by atoms with E-state index in [9.17, 15) is 8.78 Å². The van der Waals surface area contributed by atoms with E-state index in [4.69, 9.17) is 0 Å². The minimum absolute atomic E-state index is 0.168. The van der Waals surface area contributed by atoms with E-state index in [1.165, 1.54) is 6.07 Å². The summed E-state index contributed by atoms with van der Waals surface area (Å²) in [6, 6.07) is 2.78. The number of hydrogen-bond donors (Lipinski definition) is 1. The van der Waals surface area contributed by atoms with Crippen molar-refractivity contribution >= 4 is 21.8 Å². The molecule has 2 nitrogen and oxygen atoms in total. The monoisotopic (exact) mass is 274 g/mol. The highest BCUT2D eigenvalue weighted by Gasteiger charge is 2.20. The van der Waals surface area contributed by atoms with E-state index in [-0.39, 0.29) is 11.6 Å². The number of amidine groups is 1. The van der Waals surface area contributed by atoms with Crippen LogP contribution in [-0.4, -0.2) is 18.4 Å². The van der Waals surface area contributed by atoms with Crippen LogP contribution in [0.15, 0.2) is 21.6 Å². The Balaban J connectivity index is 2.44. The van der Waals surface area contributed by atoms with Crippen LogP contribution in [-0.2, 0) is 0 Å². The van der Waals surface area contributed by atoms with Crippen LogP contribution >= 0.6 is 15.9 Å². The minimum Gasteiger partial charge on any atom is -0.365 e. The molecule has 1 aromatic rings. The van der Waals surface area contributed by atoms with E-state index < -0.39 is 11.6 Å². The number of nitrogens with zero attached hydrogens (tertiary/aromatic N) is 1. The fraction of sp³-hybridized carbons (Fsp3) is 0.300. The molecule has 1 aliphatic rings. The number of halogens is 3. The molecule has 80 valence electrons. The molecule has 0 aromatic heterocycles. The van der Waals surface area contributed by atoms with E-state index in [0.29, 0.717) is 16.9 Å². The lowest BCUT2D eigenvalue weighted by Gasteiger charge is -2.08. The predicted octanol–water partition coefficient (Wildman–Crippen LogP) is 2.47. The normalized spacial score (nSPS) is 20.0. The molecule has 5 heteroatoms. The Hall–Kier alpha value is -0.970. The van der Waals surface area contributed by atoms with E-state index >= 15 is 0 Å². The molecule has 15 heavy (non-hydrogen) atoms. The lowest BCUT2D eigenvalue weighted by atomic mass is 10.2. The SMILES string of the molecule is CC1CN=C(c2cc(Br)cc(F)c2F)N1. The average Bonchev–Trinajstić information content (AvgIpc) is 2.58. The third-order valence-corrected chi connectivity index (χ3v) is 2.61. The lowest BCUT2D eigenvalue weighted by molar-refractivity contribution is 0.506. The van der Waals surface area contributed by atoms with E-state index in [0.717, 1.165) is 6.07 Å². The molecule has 1 heterocycles. The molecule has 0 aliphatic carbocycles. The topological polar surface area (TPSA) is 24.4 Å². The Labute approximate surface area is 94.5 Å². The maximum absolute atomic E-state index is 13.4. The van der Waals surface area contributed by atoms with Crippen molar-refractivity contribution in [2.24, 2.45) is 4.99 Å². The standard InChI is InChI=1S/C10H9BrF2N2/c1-5-4-14-10(15-5)7-2-6(11)3-8(12)9(7)13/h2-3,5H,4H2,1H3,(H,14,15). The van der Waals surface area contributed by atoms with Crippen molar-refractivity contribution in [2.45, 2.75) is 13.0 Å². The van der Waals surface area contributed by atoms with Gasteiger partial charge in [0.15, 0.2) is 11.6 Å². The molecule has 1 aromatic carbocycles. The molecule has 0 spiro atoms. The zero-order valence-corrected chi connectivity index (χ0v) is 9.61. The molecule has 1 unspecified atom stereocenters.